The van der Waals surface area contributed by atoms with Gasteiger partial charge >= 0.3 is 0 Å². The van der Waals surface area contributed by atoms with Crippen LogP contribution in [-0.2, 0) is 16.6 Å². The molecule has 6 heteroatoms. The Bertz CT molecular complexity index is 1450. The molecule has 2 heterocycles. The Morgan fingerprint density at radius 3 is 2.66 bits per heavy atom. The number of allylic oxidation sites excluding steroid dienone is 2. The minimum atomic E-state index is -0.620. The molecular weight excluding hydrogens is 439 g/mol. The van der Waals surface area contributed by atoms with Crippen molar-refractivity contribution in [2.24, 2.45) is 11.8 Å². The molecule has 0 N–H and O–H groups in total. The molecule has 1 fully saturated rings. The van der Waals surface area contributed by atoms with Gasteiger partial charge in [0.05, 0.1) is 18.0 Å². The van der Waals surface area contributed by atoms with Gasteiger partial charge in [-0.3, -0.25) is 4.98 Å². The monoisotopic (exact) mass is 464 g/mol. The van der Waals surface area contributed by atoms with Crippen molar-refractivity contribution < 1.29 is 9.18 Å². The minimum absolute atomic E-state index is 0.0181. The first kappa shape index (κ1) is 21.8. The second kappa shape index (κ2) is 7.91. The van der Waals surface area contributed by atoms with Crippen molar-refractivity contribution in [2.75, 3.05) is 0 Å². The Hall–Kier alpha value is -3.72. The summed E-state index contributed by atoms with van der Waals surface area (Å²) in [7, 11) is 0. The van der Waals surface area contributed by atoms with Gasteiger partial charge in [-0.15, -0.1) is 0 Å². The van der Waals surface area contributed by atoms with Gasteiger partial charge in [0.1, 0.15) is 5.82 Å². The van der Waals surface area contributed by atoms with Crippen molar-refractivity contribution in [1.82, 2.24) is 15.0 Å². The first-order chi connectivity index (χ1) is 16.9. The molecule has 0 aliphatic heterocycles. The molecule has 3 atom stereocenters. The van der Waals surface area contributed by atoms with Crippen LogP contribution in [0.15, 0.2) is 54.5 Å². The van der Waals surface area contributed by atoms with Crippen molar-refractivity contribution in [3.05, 3.63) is 88.6 Å². The van der Waals surface area contributed by atoms with Crippen molar-refractivity contribution >= 4 is 5.78 Å². The molecular formula is C29H25FN4O. The highest BCUT2D eigenvalue weighted by Crippen LogP contribution is 2.51. The number of carbonyl (C=O) groups is 1. The smallest absolute Gasteiger partial charge is 0.226 e. The van der Waals surface area contributed by atoms with Crippen molar-refractivity contribution in [1.29, 1.82) is 0 Å². The van der Waals surface area contributed by atoms with E-state index in [4.69, 9.17) is 16.5 Å². The molecule has 0 radical (unpaired) electrons. The summed E-state index contributed by atoms with van der Waals surface area (Å²) in [5.74, 6) is 0.313. The van der Waals surface area contributed by atoms with E-state index in [1.165, 1.54) is 6.07 Å². The molecule has 1 aromatic carbocycles. The van der Waals surface area contributed by atoms with Gasteiger partial charge in [0.2, 0.25) is 5.70 Å². The average Bonchev–Trinajstić information content (AvgIpc) is 3.72. The van der Waals surface area contributed by atoms with Crippen LogP contribution in [0, 0.1) is 24.2 Å². The number of benzene rings is 1. The maximum atomic E-state index is 15.1. The van der Waals surface area contributed by atoms with Crippen LogP contribution in [-0.4, -0.2) is 20.7 Å². The number of pyridine rings is 1. The van der Waals surface area contributed by atoms with Gasteiger partial charge in [-0.2, -0.15) is 0 Å². The fourth-order valence-electron chi connectivity index (χ4n) is 6.07. The number of halogens is 1. The molecule has 2 aromatic heterocycles. The van der Waals surface area contributed by atoms with E-state index in [-0.39, 0.29) is 29.1 Å². The fourth-order valence-corrected chi connectivity index (χ4v) is 6.07. The number of Topliss-reactive ketones (excluding diaryl/α,β-unsaturated/α-hetero) is 1. The third-order valence-electron chi connectivity index (χ3n) is 8.06. The molecule has 174 valence electrons. The Morgan fingerprint density at radius 2 is 1.91 bits per heavy atom. The quantitative estimate of drug-likeness (QED) is 0.442. The standard InChI is InChI=1S/C29H25FN4O/c1-16-22-11-10-20-25(19-6-4-5-7-23(19)30)33-28(18-12-13-32-15-21(18)17-8-9-17)34-27(20)29(22,2)14-24(31-3)26(16)35/h4-7,12-17,22H,8-11H2,1-2H3/t16-,22-,29-/m1/s1. The Kier molecular flexibility index (Phi) is 4.93. The molecule has 3 aromatic rings. The van der Waals surface area contributed by atoms with Crippen molar-refractivity contribution in [3.63, 3.8) is 0 Å². The zero-order valence-corrected chi connectivity index (χ0v) is 19.8. The summed E-state index contributed by atoms with van der Waals surface area (Å²) in [6.07, 6.45) is 9.08. The van der Waals surface area contributed by atoms with E-state index in [1.807, 2.05) is 25.3 Å². The maximum Gasteiger partial charge on any atom is 0.226 e. The van der Waals surface area contributed by atoms with Gasteiger partial charge in [-0.1, -0.05) is 32.1 Å². The van der Waals surface area contributed by atoms with E-state index in [2.05, 4.69) is 16.8 Å². The van der Waals surface area contributed by atoms with Crippen molar-refractivity contribution in [3.8, 4) is 22.6 Å². The van der Waals surface area contributed by atoms with Crippen LogP contribution in [0.3, 0.4) is 0 Å². The molecule has 1 saturated carbocycles. The molecule has 0 saturated heterocycles. The predicted molar refractivity (Wildman–Crippen MR) is 131 cm³/mol. The van der Waals surface area contributed by atoms with Crippen molar-refractivity contribution in [2.45, 2.75) is 50.9 Å². The molecule has 0 bridgehead atoms. The topological polar surface area (TPSA) is 60.1 Å². The summed E-state index contributed by atoms with van der Waals surface area (Å²) in [4.78, 5) is 30.8. The third kappa shape index (κ3) is 3.33. The summed E-state index contributed by atoms with van der Waals surface area (Å²) >= 11 is 0. The highest BCUT2D eigenvalue weighted by Gasteiger charge is 2.49. The number of carbonyl (C=O) groups excluding carboxylic acids is 1. The van der Waals surface area contributed by atoms with E-state index in [9.17, 15) is 4.79 Å². The van der Waals surface area contributed by atoms with Gasteiger partial charge < -0.3 is 4.79 Å². The van der Waals surface area contributed by atoms with Gasteiger partial charge in [-0.25, -0.2) is 19.2 Å². The maximum absolute atomic E-state index is 15.1. The molecule has 0 amide bonds. The highest BCUT2D eigenvalue weighted by atomic mass is 19.1. The summed E-state index contributed by atoms with van der Waals surface area (Å²) in [6.45, 7) is 11.6. The van der Waals surface area contributed by atoms with Gasteiger partial charge in [0.15, 0.2) is 11.6 Å². The van der Waals surface area contributed by atoms with Gasteiger partial charge in [0, 0.05) is 40.4 Å². The lowest BCUT2D eigenvalue weighted by Crippen LogP contribution is -2.46. The lowest BCUT2D eigenvalue weighted by atomic mass is 9.58. The van der Waals surface area contributed by atoms with Crippen LogP contribution >= 0.6 is 0 Å². The zero-order chi connectivity index (χ0) is 24.3. The van der Waals surface area contributed by atoms with Crippen LogP contribution < -0.4 is 0 Å². The summed E-state index contributed by atoms with van der Waals surface area (Å²) in [5, 5.41) is 0. The minimum Gasteiger partial charge on any atom is -0.308 e. The Morgan fingerprint density at radius 1 is 1.11 bits per heavy atom. The lowest BCUT2D eigenvalue weighted by Gasteiger charge is -2.46. The number of fused-ring (bicyclic) bond motifs is 3. The first-order valence-electron chi connectivity index (χ1n) is 12.2. The molecule has 0 unspecified atom stereocenters. The molecule has 35 heavy (non-hydrogen) atoms. The average molecular weight is 465 g/mol. The number of aromatic nitrogens is 3. The Balaban J connectivity index is 1.66. The van der Waals surface area contributed by atoms with Crippen LogP contribution in [0.5, 0.6) is 0 Å². The normalized spacial score (nSPS) is 25.3. The predicted octanol–water partition coefficient (Wildman–Crippen LogP) is 6.06. The first-order valence-corrected chi connectivity index (χ1v) is 12.2. The molecule has 0 spiro atoms. The Labute approximate surface area is 204 Å². The zero-order valence-electron chi connectivity index (χ0n) is 19.8. The number of ketones is 1. The van der Waals surface area contributed by atoms with E-state index in [1.54, 1.807) is 24.4 Å². The lowest BCUT2D eigenvalue weighted by molar-refractivity contribution is -0.121. The fraction of sp³-hybridized carbons (Fsp3) is 0.345. The number of hydrogen-bond acceptors (Lipinski definition) is 4. The van der Waals surface area contributed by atoms with E-state index < -0.39 is 5.41 Å². The van der Waals surface area contributed by atoms with E-state index in [0.717, 1.165) is 41.6 Å². The van der Waals surface area contributed by atoms with E-state index in [0.29, 0.717) is 29.4 Å². The number of nitrogens with zero attached hydrogens (tertiary/aromatic N) is 4. The van der Waals surface area contributed by atoms with Crippen LogP contribution in [0.4, 0.5) is 4.39 Å². The number of rotatable bonds is 3. The summed E-state index contributed by atoms with van der Waals surface area (Å²) in [5.41, 5.74) is 4.34. The second-order valence-electron chi connectivity index (χ2n) is 10.2. The molecule has 3 aliphatic carbocycles. The SMILES string of the molecule is [C-]#[N+]C1=C[C@@]2(C)c3nc(-c4ccncc4C4CC4)nc(-c4ccccc4F)c3CC[C@@H]2[C@@H](C)C1=O. The van der Waals surface area contributed by atoms with Crippen LogP contribution in [0.2, 0.25) is 0 Å². The number of hydrogen-bond donors (Lipinski definition) is 0. The molecule has 6 rings (SSSR count). The van der Waals surface area contributed by atoms with Gasteiger partial charge in [-0.05, 0) is 61.3 Å². The second-order valence-corrected chi connectivity index (χ2v) is 10.2. The van der Waals surface area contributed by atoms with Crippen LogP contribution in [0.25, 0.3) is 27.5 Å². The molecule has 5 nitrogen and oxygen atoms in total. The van der Waals surface area contributed by atoms with E-state index >= 15 is 4.39 Å². The summed E-state index contributed by atoms with van der Waals surface area (Å²) in [6, 6.07) is 8.66. The molecule has 3 aliphatic rings. The van der Waals surface area contributed by atoms with Crippen LogP contribution in [0.1, 0.15) is 55.8 Å². The van der Waals surface area contributed by atoms with Gasteiger partial charge in [0.25, 0.3) is 0 Å². The highest BCUT2D eigenvalue weighted by molar-refractivity contribution is 6.00. The third-order valence-corrected chi connectivity index (χ3v) is 8.06. The largest absolute Gasteiger partial charge is 0.308 e. The summed E-state index contributed by atoms with van der Waals surface area (Å²) < 4.78 is 15.1.